The first-order valence-electron chi connectivity index (χ1n) is 6.99. The third-order valence-corrected chi connectivity index (χ3v) is 4.04. The van der Waals surface area contributed by atoms with Gasteiger partial charge in [0.25, 0.3) is 0 Å². The molecule has 2 aromatic carbocycles. The molecule has 0 amide bonds. The number of methoxy groups -OCH3 is 1. The van der Waals surface area contributed by atoms with Gasteiger partial charge in [-0.15, -0.1) is 12.4 Å². The maximum Gasteiger partial charge on any atom is 0.322 e. The molecule has 0 heterocycles. The van der Waals surface area contributed by atoms with Crippen molar-refractivity contribution in [1.29, 1.82) is 0 Å². The minimum absolute atomic E-state index is 0. The second kappa shape index (κ2) is 9.74. The molecule has 0 aliphatic heterocycles. The molecule has 0 aliphatic carbocycles. The molecule has 130 valence electrons. The molecule has 0 unspecified atom stereocenters. The average molecular weight is 391 g/mol. The topological polar surface area (TPSA) is 61.5 Å². The summed E-state index contributed by atoms with van der Waals surface area (Å²) in [4.78, 5) is 11.3. The lowest BCUT2D eigenvalue weighted by atomic mass is 10.1. The number of hydrogen-bond donors (Lipinski definition) is 1. The Morgan fingerprint density at radius 3 is 2.25 bits per heavy atom. The van der Waals surface area contributed by atoms with Gasteiger partial charge in [0.15, 0.2) is 0 Å². The highest BCUT2D eigenvalue weighted by molar-refractivity contribution is 6.35. The van der Waals surface area contributed by atoms with E-state index in [-0.39, 0.29) is 19.0 Å². The van der Waals surface area contributed by atoms with Crippen LogP contribution in [0.1, 0.15) is 11.1 Å². The number of carbonyl (C=O) groups excluding carboxylic acids is 1. The van der Waals surface area contributed by atoms with Gasteiger partial charge in [-0.1, -0.05) is 41.4 Å². The van der Waals surface area contributed by atoms with Gasteiger partial charge >= 0.3 is 5.97 Å². The van der Waals surface area contributed by atoms with Crippen LogP contribution in [0.2, 0.25) is 10.0 Å². The standard InChI is InChI=1S/C17H17Cl2NO3.ClH/c1-22-17(21)16(20)9-11-5-7-12(8-6-11)23-10-13-14(18)3-2-4-15(13)19;/h2-8,16H,9-10,20H2,1H3;1H/t16-;/m0./s1. The second-order valence-electron chi connectivity index (χ2n) is 4.97. The lowest BCUT2D eigenvalue weighted by molar-refractivity contribution is -0.142. The minimum atomic E-state index is -0.672. The molecule has 7 heteroatoms. The number of halogens is 3. The summed E-state index contributed by atoms with van der Waals surface area (Å²) in [6, 6.07) is 12.0. The van der Waals surface area contributed by atoms with Crippen LogP contribution in [0.4, 0.5) is 0 Å². The summed E-state index contributed by atoms with van der Waals surface area (Å²) in [5.74, 6) is 0.245. The molecule has 2 N–H and O–H groups in total. The predicted octanol–water partition coefficient (Wildman–Crippen LogP) is 4.04. The maximum absolute atomic E-state index is 11.3. The zero-order valence-corrected chi connectivity index (χ0v) is 15.3. The van der Waals surface area contributed by atoms with Gasteiger partial charge in [0, 0.05) is 15.6 Å². The Kier molecular flexibility index (Phi) is 8.36. The molecule has 0 saturated heterocycles. The highest BCUT2D eigenvalue weighted by atomic mass is 35.5. The quantitative estimate of drug-likeness (QED) is 0.756. The fourth-order valence-corrected chi connectivity index (χ4v) is 2.54. The summed E-state index contributed by atoms with van der Waals surface area (Å²) in [6.45, 7) is 0.277. The number of benzene rings is 2. The van der Waals surface area contributed by atoms with Gasteiger partial charge in [-0.2, -0.15) is 0 Å². The van der Waals surface area contributed by atoms with Crippen LogP contribution in [0.3, 0.4) is 0 Å². The Labute approximate surface area is 157 Å². The minimum Gasteiger partial charge on any atom is -0.489 e. The van der Waals surface area contributed by atoms with Crippen molar-refractivity contribution in [3.63, 3.8) is 0 Å². The molecule has 0 radical (unpaired) electrons. The number of nitrogens with two attached hydrogens (primary N) is 1. The number of rotatable bonds is 6. The number of carbonyl (C=O) groups is 1. The number of esters is 1. The molecular formula is C17H18Cl3NO3. The zero-order valence-electron chi connectivity index (χ0n) is 13.0. The third kappa shape index (κ3) is 5.56. The maximum atomic E-state index is 11.3. The lowest BCUT2D eigenvalue weighted by Crippen LogP contribution is -2.33. The molecule has 0 spiro atoms. The Balaban J connectivity index is 0.00000288. The van der Waals surface area contributed by atoms with Crippen LogP contribution >= 0.6 is 35.6 Å². The van der Waals surface area contributed by atoms with Crippen molar-refractivity contribution in [3.8, 4) is 5.75 Å². The van der Waals surface area contributed by atoms with Crippen molar-refractivity contribution in [2.75, 3.05) is 7.11 Å². The first-order chi connectivity index (χ1) is 11.0. The van der Waals surface area contributed by atoms with Crippen LogP contribution in [0.25, 0.3) is 0 Å². The van der Waals surface area contributed by atoms with Crippen LogP contribution in [-0.4, -0.2) is 19.1 Å². The van der Waals surface area contributed by atoms with E-state index >= 15 is 0 Å². The highest BCUT2D eigenvalue weighted by Crippen LogP contribution is 2.26. The Hall–Kier alpha value is -1.46. The van der Waals surface area contributed by atoms with Gasteiger partial charge in [-0.05, 0) is 36.2 Å². The second-order valence-corrected chi connectivity index (χ2v) is 5.78. The van der Waals surface area contributed by atoms with E-state index in [0.29, 0.717) is 22.2 Å². The van der Waals surface area contributed by atoms with Crippen molar-refractivity contribution >= 4 is 41.6 Å². The van der Waals surface area contributed by atoms with Gasteiger partial charge in [0.2, 0.25) is 0 Å². The van der Waals surface area contributed by atoms with E-state index in [0.717, 1.165) is 11.1 Å². The van der Waals surface area contributed by atoms with E-state index in [9.17, 15) is 4.79 Å². The molecule has 0 aromatic heterocycles. The fourth-order valence-electron chi connectivity index (χ4n) is 2.04. The Bertz CT molecular complexity index is 657. The van der Waals surface area contributed by atoms with Gasteiger partial charge < -0.3 is 15.2 Å². The predicted molar refractivity (Wildman–Crippen MR) is 98.2 cm³/mol. The third-order valence-electron chi connectivity index (χ3n) is 3.33. The molecule has 0 bridgehead atoms. The fraction of sp³-hybridized carbons (Fsp3) is 0.235. The Morgan fingerprint density at radius 2 is 1.71 bits per heavy atom. The molecule has 0 saturated carbocycles. The van der Waals surface area contributed by atoms with Gasteiger partial charge in [0.05, 0.1) is 7.11 Å². The van der Waals surface area contributed by atoms with Crippen LogP contribution < -0.4 is 10.5 Å². The van der Waals surface area contributed by atoms with E-state index in [2.05, 4.69) is 4.74 Å². The van der Waals surface area contributed by atoms with Crippen molar-refractivity contribution in [1.82, 2.24) is 0 Å². The van der Waals surface area contributed by atoms with Crippen molar-refractivity contribution in [2.45, 2.75) is 19.1 Å². The van der Waals surface area contributed by atoms with Crippen LogP contribution in [0.15, 0.2) is 42.5 Å². The summed E-state index contributed by atoms with van der Waals surface area (Å²) in [7, 11) is 1.32. The van der Waals surface area contributed by atoms with Gasteiger partial charge in [-0.3, -0.25) is 4.79 Å². The van der Waals surface area contributed by atoms with E-state index in [4.69, 9.17) is 33.7 Å². The molecule has 0 fully saturated rings. The summed E-state index contributed by atoms with van der Waals surface area (Å²) in [5, 5.41) is 1.14. The van der Waals surface area contributed by atoms with E-state index in [1.54, 1.807) is 18.2 Å². The molecule has 1 atom stereocenters. The molecule has 0 aliphatic rings. The highest BCUT2D eigenvalue weighted by Gasteiger charge is 2.14. The average Bonchev–Trinajstić information content (AvgIpc) is 2.55. The first-order valence-corrected chi connectivity index (χ1v) is 7.75. The first kappa shape index (κ1) is 20.6. The van der Waals surface area contributed by atoms with Crippen LogP contribution in [-0.2, 0) is 22.6 Å². The van der Waals surface area contributed by atoms with Crippen molar-refractivity contribution < 1.29 is 14.3 Å². The molecule has 24 heavy (non-hydrogen) atoms. The lowest BCUT2D eigenvalue weighted by Gasteiger charge is -2.11. The van der Waals surface area contributed by atoms with E-state index in [1.807, 2.05) is 24.3 Å². The van der Waals surface area contributed by atoms with Crippen molar-refractivity contribution in [2.24, 2.45) is 5.73 Å². The normalized spacial score (nSPS) is 11.3. The number of ether oxygens (including phenoxy) is 2. The van der Waals surface area contributed by atoms with E-state index in [1.165, 1.54) is 7.11 Å². The summed E-state index contributed by atoms with van der Waals surface area (Å²) < 4.78 is 10.3. The van der Waals surface area contributed by atoms with Gasteiger partial charge in [0.1, 0.15) is 18.4 Å². The van der Waals surface area contributed by atoms with Crippen LogP contribution in [0, 0.1) is 0 Å². The Morgan fingerprint density at radius 1 is 1.12 bits per heavy atom. The smallest absolute Gasteiger partial charge is 0.322 e. The molecular weight excluding hydrogens is 373 g/mol. The van der Waals surface area contributed by atoms with Crippen LogP contribution in [0.5, 0.6) is 5.75 Å². The molecule has 2 rings (SSSR count). The summed E-state index contributed by atoms with van der Waals surface area (Å²) in [5.41, 5.74) is 7.40. The van der Waals surface area contributed by atoms with Gasteiger partial charge in [-0.25, -0.2) is 0 Å². The summed E-state index contributed by atoms with van der Waals surface area (Å²) in [6.07, 6.45) is 0.406. The van der Waals surface area contributed by atoms with Crippen molar-refractivity contribution in [3.05, 3.63) is 63.6 Å². The zero-order chi connectivity index (χ0) is 16.8. The monoisotopic (exact) mass is 389 g/mol. The van der Waals surface area contributed by atoms with E-state index < -0.39 is 12.0 Å². The summed E-state index contributed by atoms with van der Waals surface area (Å²) >= 11 is 12.2. The SMILES string of the molecule is COC(=O)[C@@H](N)Cc1ccc(OCc2c(Cl)cccc2Cl)cc1.Cl. The molecule has 4 nitrogen and oxygen atoms in total. The largest absolute Gasteiger partial charge is 0.489 e. The number of hydrogen-bond acceptors (Lipinski definition) is 4. The molecule has 2 aromatic rings.